The SMILES string of the molecule is C=C/C(=C\C=CC)S(=O)(=O)c1cccc(OC)c1. The van der Waals surface area contributed by atoms with Gasteiger partial charge < -0.3 is 4.74 Å². The maximum Gasteiger partial charge on any atom is 0.206 e. The van der Waals surface area contributed by atoms with Gasteiger partial charge in [0.25, 0.3) is 0 Å². The number of hydrogen-bond donors (Lipinski definition) is 0. The van der Waals surface area contributed by atoms with Crippen LogP contribution in [0.3, 0.4) is 0 Å². The highest BCUT2D eigenvalue weighted by Gasteiger charge is 2.18. The van der Waals surface area contributed by atoms with Crippen LogP contribution < -0.4 is 4.74 Å². The van der Waals surface area contributed by atoms with E-state index in [1.165, 1.54) is 31.4 Å². The number of sulfone groups is 1. The molecule has 0 saturated heterocycles. The molecule has 0 fully saturated rings. The van der Waals surface area contributed by atoms with Crippen LogP contribution in [0.25, 0.3) is 0 Å². The van der Waals surface area contributed by atoms with E-state index < -0.39 is 9.84 Å². The summed E-state index contributed by atoms with van der Waals surface area (Å²) in [6.45, 7) is 5.35. The molecule has 0 heterocycles. The Balaban J connectivity index is 3.31. The average molecular weight is 264 g/mol. The van der Waals surface area contributed by atoms with Gasteiger partial charge in [-0.25, -0.2) is 8.42 Å². The van der Waals surface area contributed by atoms with Crippen molar-refractivity contribution >= 4 is 9.84 Å². The van der Waals surface area contributed by atoms with Crippen LogP contribution in [0.2, 0.25) is 0 Å². The third kappa shape index (κ3) is 3.11. The Morgan fingerprint density at radius 3 is 2.67 bits per heavy atom. The molecule has 0 atom stereocenters. The molecule has 1 aromatic carbocycles. The average Bonchev–Trinajstić information content (AvgIpc) is 2.39. The van der Waals surface area contributed by atoms with Gasteiger partial charge in [-0.15, -0.1) is 0 Å². The second-order valence-corrected chi connectivity index (χ2v) is 5.43. The summed E-state index contributed by atoms with van der Waals surface area (Å²) in [6.07, 6.45) is 6.26. The van der Waals surface area contributed by atoms with Crippen LogP contribution in [0.15, 0.2) is 64.9 Å². The number of benzene rings is 1. The van der Waals surface area contributed by atoms with Crippen molar-refractivity contribution < 1.29 is 13.2 Å². The molecule has 0 bridgehead atoms. The highest BCUT2D eigenvalue weighted by molar-refractivity contribution is 7.95. The maximum atomic E-state index is 12.3. The van der Waals surface area contributed by atoms with Crippen LogP contribution in [0, 0.1) is 0 Å². The van der Waals surface area contributed by atoms with Crippen molar-refractivity contribution in [2.75, 3.05) is 7.11 Å². The zero-order chi connectivity index (χ0) is 13.6. The minimum atomic E-state index is -3.54. The van der Waals surface area contributed by atoms with Gasteiger partial charge in [0.05, 0.1) is 16.9 Å². The molecule has 96 valence electrons. The molecule has 4 heteroatoms. The van der Waals surface area contributed by atoms with E-state index in [1.807, 2.05) is 6.92 Å². The Labute approximate surface area is 108 Å². The van der Waals surface area contributed by atoms with Gasteiger partial charge in [-0.2, -0.15) is 0 Å². The lowest BCUT2D eigenvalue weighted by atomic mass is 10.3. The number of methoxy groups -OCH3 is 1. The first-order valence-corrected chi connectivity index (χ1v) is 6.89. The highest BCUT2D eigenvalue weighted by Crippen LogP contribution is 2.23. The molecule has 3 nitrogen and oxygen atoms in total. The fraction of sp³-hybridized carbons (Fsp3) is 0.143. The van der Waals surface area contributed by atoms with E-state index in [2.05, 4.69) is 6.58 Å². The standard InChI is InChI=1S/C14H16O3S/c1-4-6-9-13(5-2)18(15,16)14-10-7-8-12(11-14)17-3/h4-11H,2H2,1,3H3/b6-4?,13-9+. The fourth-order valence-electron chi connectivity index (χ4n) is 1.36. The second-order valence-electron chi connectivity index (χ2n) is 3.48. The van der Waals surface area contributed by atoms with Crippen LogP contribution in [-0.2, 0) is 9.84 Å². The first-order chi connectivity index (χ1) is 8.56. The molecular weight excluding hydrogens is 248 g/mol. The monoisotopic (exact) mass is 264 g/mol. The van der Waals surface area contributed by atoms with Crippen LogP contribution in [-0.4, -0.2) is 15.5 Å². The Morgan fingerprint density at radius 1 is 1.39 bits per heavy atom. The summed E-state index contributed by atoms with van der Waals surface area (Å²) in [4.78, 5) is 0.353. The van der Waals surface area contributed by atoms with Gasteiger partial charge in [0, 0.05) is 0 Å². The van der Waals surface area contributed by atoms with Gasteiger partial charge >= 0.3 is 0 Å². The van der Waals surface area contributed by atoms with E-state index in [1.54, 1.807) is 24.3 Å². The Morgan fingerprint density at radius 2 is 2.11 bits per heavy atom. The molecule has 0 N–H and O–H groups in total. The van der Waals surface area contributed by atoms with Crippen LogP contribution in [0.4, 0.5) is 0 Å². The Hall–Kier alpha value is -1.81. The number of hydrogen-bond acceptors (Lipinski definition) is 3. The Bertz CT molecular complexity index is 581. The molecule has 1 rings (SSSR count). The second kappa shape index (κ2) is 6.21. The molecule has 0 radical (unpaired) electrons. The number of allylic oxidation sites excluding steroid dienone is 4. The lowest BCUT2D eigenvalue weighted by Crippen LogP contribution is -2.03. The molecule has 0 aliphatic carbocycles. The molecule has 0 amide bonds. The van der Waals surface area contributed by atoms with Gasteiger partial charge in [-0.05, 0) is 31.2 Å². The third-order valence-electron chi connectivity index (χ3n) is 2.32. The number of rotatable bonds is 5. The normalized spacial score (nSPS) is 12.7. The van der Waals surface area contributed by atoms with Crippen molar-refractivity contribution in [1.29, 1.82) is 0 Å². The van der Waals surface area contributed by atoms with E-state index in [4.69, 9.17) is 4.74 Å². The Kier molecular flexibility index (Phi) is 4.92. The lowest BCUT2D eigenvalue weighted by molar-refractivity contribution is 0.413. The topological polar surface area (TPSA) is 43.4 Å². The molecule has 0 aromatic heterocycles. The molecule has 1 aromatic rings. The van der Waals surface area contributed by atoms with Crippen molar-refractivity contribution in [3.63, 3.8) is 0 Å². The van der Waals surface area contributed by atoms with Gasteiger partial charge in [0.15, 0.2) is 0 Å². The van der Waals surface area contributed by atoms with Crippen LogP contribution >= 0.6 is 0 Å². The summed E-state index contributed by atoms with van der Waals surface area (Å²) in [5, 5.41) is 0. The molecule has 0 aliphatic heterocycles. The summed E-state index contributed by atoms with van der Waals surface area (Å²) in [5.41, 5.74) is 0. The lowest BCUT2D eigenvalue weighted by Gasteiger charge is -2.06. The fourth-order valence-corrected chi connectivity index (χ4v) is 2.64. The van der Waals surface area contributed by atoms with Crippen LogP contribution in [0.5, 0.6) is 5.75 Å². The van der Waals surface area contributed by atoms with E-state index >= 15 is 0 Å². The van der Waals surface area contributed by atoms with E-state index in [0.29, 0.717) is 5.75 Å². The minimum absolute atomic E-state index is 0.161. The summed E-state index contributed by atoms with van der Waals surface area (Å²) in [5.74, 6) is 0.505. The van der Waals surface area contributed by atoms with Gasteiger partial charge in [0.1, 0.15) is 5.75 Å². The van der Waals surface area contributed by atoms with Crippen molar-refractivity contribution in [1.82, 2.24) is 0 Å². The van der Waals surface area contributed by atoms with Crippen molar-refractivity contribution in [2.24, 2.45) is 0 Å². The van der Waals surface area contributed by atoms with Crippen molar-refractivity contribution in [3.8, 4) is 5.75 Å². The quantitative estimate of drug-likeness (QED) is 0.767. The summed E-state index contributed by atoms with van der Waals surface area (Å²) in [7, 11) is -2.05. The predicted molar refractivity (Wildman–Crippen MR) is 73.3 cm³/mol. The molecule has 0 aliphatic rings. The summed E-state index contributed by atoms with van der Waals surface area (Å²) in [6, 6.07) is 6.36. The summed E-state index contributed by atoms with van der Waals surface area (Å²) >= 11 is 0. The minimum Gasteiger partial charge on any atom is -0.497 e. The van der Waals surface area contributed by atoms with Crippen molar-refractivity contribution in [2.45, 2.75) is 11.8 Å². The molecule has 0 unspecified atom stereocenters. The highest BCUT2D eigenvalue weighted by atomic mass is 32.2. The van der Waals surface area contributed by atoms with E-state index in [9.17, 15) is 8.42 Å². The van der Waals surface area contributed by atoms with E-state index in [0.717, 1.165) is 0 Å². The molecular formula is C14H16O3S. The molecule has 18 heavy (non-hydrogen) atoms. The van der Waals surface area contributed by atoms with Gasteiger partial charge in [0.2, 0.25) is 9.84 Å². The predicted octanol–water partition coefficient (Wildman–Crippen LogP) is 3.11. The maximum absolute atomic E-state index is 12.3. The first kappa shape index (κ1) is 14.3. The van der Waals surface area contributed by atoms with Gasteiger partial charge in [-0.1, -0.05) is 30.9 Å². The molecule has 0 spiro atoms. The van der Waals surface area contributed by atoms with Gasteiger partial charge in [-0.3, -0.25) is 0 Å². The summed E-state index contributed by atoms with van der Waals surface area (Å²) < 4.78 is 29.6. The van der Waals surface area contributed by atoms with Crippen molar-refractivity contribution in [3.05, 3.63) is 60.1 Å². The third-order valence-corrected chi connectivity index (χ3v) is 4.11. The zero-order valence-corrected chi connectivity index (χ0v) is 11.3. The number of ether oxygens (including phenoxy) is 1. The first-order valence-electron chi connectivity index (χ1n) is 5.40. The smallest absolute Gasteiger partial charge is 0.206 e. The van der Waals surface area contributed by atoms with E-state index in [-0.39, 0.29) is 9.80 Å². The molecule has 0 saturated carbocycles. The zero-order valence-electron chi connectivity index (χ0n) is 10.5. The van der Waals surface area contributed by atoms with Crippen LogP contribution in [0.1, 0.15) is 6.92 Å². The largest absolute Gasteiger partial charge is 0.497 e.